The van der Waals surface area contributed by atoms with E-state index in [-0.39, 0.29) is 23.7 Å². The van der Waals surface area contributed by atoms with Crippen LogP contribution in [0.5, 0.6) is 0 Å². The predicted molar refractivity (Wildman–Crippen MR) is 86.9 cm³/mol. The van der Waals surface area contributed by atoms with Gasteiger partial charge in [-0.2, -0.15) is 0 Å². The summed E-state index contributed by atoms with van der Waals surface area (Å²) in [6, 6.07) is 7.70. The van der Waals surface area contributed by atoms with Gasteiger partial charge in [-0.25, -0.2) is 4.79 Å². The van der Waals surface area contributed by atoms with E-state index in [1.807, 2.05) is 36.1 Å². The maximum Gasteiger partial charge on any atom is 0.318 e. The zero-order valence-electron chi connectivity index (χ0n) is 12.9. The summed E-state index contributed by atoms with van der Waals surface area (Å²) in [5.41, 5.74) is 0.988. The Kier molecular flexibility index (Phi) is 4.33. The van der Waals surface area contributed by atoms with Crippen molar-refractivity contribution in [2.75, 3.05) is 6.54 Å². The average molecular weight is 323 g/mol. The van der Waals surface area contributed by atoms with Gasteiger partial charge >= 0.3 is 6.03 Å². The van der Waals surface area contributed by atoms with Crippen LogP contribution in [-0.2, 0) is 0 Å². The van der Waals surface area contributed by atoms with Gasteiger partial charge in [0.25, 0.3) is 0 Å². The van der Waals surface area contributed by atoms with E-state index in [0.717, 1.165) is 44.2 Å². The number of nitrogens with zero attached hydrogens (tertiary/aromatic N) is 1. The third-order valence-electron chi connectivity index (χ3n) is 5.20. The molecular formula is C17H23ClN2O2. The van der Waals surface area contributed by atoms with E-state index in [2.05, 4.69) is 5.32 Å². The van der Waals surface area contributed by atoms with Crippen LogP contribution in [0.15, 0.2) is 24.3 Å². The highest BCUT2D eigenvalue weighted by atomic mass is 35.5. The molecular weight excluding hydrogens is 300 g/mol. The van der Waals surface area contributed by atoms with Crippen LogP contribution in [0.2, 0.25) is 5.02 Å². The van der Waals surface area contributed by atoms with Gasteiger partial charge in [0.15, 0.2) is 0 Å². The Hall–Kier alpha value is -1.26. The zero-order chi connectivity index (χ0) is 15.7. The van der Waals surface area contributed by atoms with Crippen molar-refractivity contribution < 1.29 is 9.90 Å². The summed E-state index contributed by atoms with van der Waals surface area (Å²) in [6.07, 6.45) is 4.07. The molecule has 120 valence electrons. The molecule has 0 aromatic heterocycles. The van der Waals surface area contributed by atoms with Crippen molar-refractivity contribution in [2.24, 2.45) is 0 Å². The second-order valence-electron chi connectivity index (χ2n) is 6.61. The fourth-order valence-electron chi connectivity index (χ4n) is 3.62. The summed E-state index contributed by atoms with van der Waals surface area (Å²) in [6.45, 7) is 2.80. The molecule has 1 saturated heterocycles. The van der Waals surface area contributed by atoms with E-state index in [9.17, 15) is 9.90 Å². The van der Waals surface area contributed by atoms with Crippen molar-refractivity contribution >= 4 is 17.6 Å². The molecule has 1 saturated carbocycles. The third kappa shape index (κ3) is 3.08. The largest absolute Gasteiger partial charge is 0.393 e. The molecule has 2 fully saturated rings. The number of amides is 2. The Morgan fingerprint density at radius 1 is 1.27 bits per heavy atom. The maximum atomic E-state index is 12.6. The van der Waals surface area contributed by atoms with E-state index >= 15 is 0 Å². The molecule has 5 heteroatoms. The van der Waals surface area contributed by atoms with E-state index < -0.39 is 0 Å². The van der Waals surface area contributed by atoms with Gasteiger partial charge in [0.1, 0.15) is 0 Å². The van der Waals surface area contributed by atoms with Crippen LogP contribution in [0.1, 0.15) is 50.6 Å². The van der Waals surface area contributed by atoms with E-state index in [0.29, 0.717) is 5.02 Å². The van der Waals surface area contributed by atoms with Crippen LogP contribution >= 0.6 is 11.6 Å². The minimum atomic E-state index is -0.200. The maximum absolute atomic E-state index is 12.6. The van der Waals surface area contributed by atoms with Crippen molar-refractivity contribution in [1.29, 1.82) is 0 Å². The lowest BCUT2D eigenvalue weighted by Crippen LogP contribution is -2.61. The summed E-state index contributed by atoms with van der Waals surface area (Å²) in [5, 5.41) is 13.6. The molecule has 22 heavy (non-hydrogen) atoms. The van der Waals surface area contributed by atoms with Crippen molar-refractivity contribution in [3.05, 3.63) is 34.9 Å². The Morgan fingerprint density at radius 3 is 2.50 bits per heavy atom. The summed E-state index contributed by atoms with van der Waals surface area (Å²) >= 11 is 5.93. The van der Waals surface area contributed by atoms with Gasteiger partial charge in [-0.05, 0) is 56.7 Å². The summed E-state index contributed by atoms with van der Waals surface area (Å²) in [5.74, 6) is 0. The number of halogens is 1. The highest BCUT2D eigenvalue weighted by Gasteiger charge is 2.41. The van der Waals surface area contributed by atoms with Crippen molar-refractivity contribution in [1.82, 2.24) is 10.2 Å². The number of rotatable bonds is 2. The molecule has 0 unspecified atom stereocenters. The molecule has 1 aromatic carbocycles. The smallest absolute Gasteiger partial charge is 0.318 e. The summed E-state index contributed by atoms with van der Waals surface area (Å²) in [4.78, 5) is 14.4. The average Bonchev–Trinajstić information content (AvgIpc) is 2.51. The number of aliphatic hydroxyl groups excluding tert-OH is 1. The first-order valence-electron chi connectivity index (χ1n) is 8.01. The molecule has 1 aromatic rings. The molecule has 2 amide bonds. The van der Waals surface area contributed by atoms with Crippen molar-refractivity contribution in [2.45, 2.75) is 56.7 Å². The lowest BCUT2D eigenvalue weighted by atomic mass is 9.77. The number of carbonyl (C=O) groups is 1. The molecule has 2 aliphatic rings. The fourth-order valence-corrected chi connectivity index (χ4v) is 3.74. The number of urea groups is 1. The standard InChI is InChI=1S/C17H23ClN2O2/c1-12(13-2-4-14(18)5-3-13)20-11-10-17(19-16(20)22)8-6-15(21)7-9-17/h2-5,12,15,21H,6-11H2,1H3,(H,19,22)/t12-,15-,17+/m0/s1. The number of nitrogens with one attached hydrogen (secondary N) is 1. The Bertz CT molecular complexity index is 538. The topological polar surface area (TPSA) is 52.6 Å². The quantitative estimate of drug-likeness (QED) is 0.875. The summed E-state index contributed by atoms with van der Waals surface area (Å²) < 4.78 is 0. The second kappa shape index (κ2) is 6.09. The number of hydrogen-bond acceptors (Lipinski definition) is 2. The highest BCUT2D eigenvalue weighted by molar-refractivity contribution is 6.30. The molecule has 1 aliphatic carbocycles. The monoisotopic (exact) mass is 322 g/mol. The molecule has 2 N–H and O–H groups in total. The Morgan fingerprint density at radius 2 is 1.91 bits per heavy atom. The molecule has 3 rings (SSSR count). The van der Waals surface area contributed by atoms with Gasteiger partial charge in [0.05, 0.1) is 12.1 Å². The molecule has 1 spiro atoms. The molecule has 1 atom stereocenters. The normalized spacial score (nSPS) is 30.2. The Balaban J connectivity index is 1.68. The molecule has 4 nitrogen and oxygen atoms in total. The van der Waals surface area contributed by atoms with Crippen molar-refractivity contribution in [3.63, 3.8) is 0 Å². The molecule has 1 heterocycles. The van der Waals surface area contributed by atoms with Crippen LogP contribution in [0.4, 0.5) is 4.79 Å². The first-order chi connectivity index (χ1) is 10.5. The van der Waals surface area contributed by atoms with Crippen molar-refractivity contribution in [3.8, 4) is 0 Å². The van der Waals surface area contributed by atoms with Crippen LogP contribution in [0.3, 0.4) is 0 Å². The second-order valence-corrected chi connectivity index (χ2v) is 7.05. The SMILES string of the molecule is C[C@@H](c1ccc(Cl)cc1)N1CC[C@]2(CC[C@H](O)CC2)NC1=O. The van der Waals surface area contributed by atoms with E-state index in [4.69, 9.17) is 11.6 Å². The number of hydrogen-bond donors (Lipinski definition) is 2. The first kappa shape index (κ1) is 15.6. The Labute approximate surface area is 136 Å². The van der Waals surface area contributed by atoms with E-state index in [1.165, 1.54) is 0 Å². The number of aliphatic hydroxyl groups is 1. The van der Waals surface area contributed by atoms with Crippen LogP contribution in [0.25, 0.3) is 0 Å². The molecule has 1 aliphatic heterocycles. The first-order valence-corrected chi connectivity index (χ1v) is 8.39. The van der Waals surface area contributed by atoms with Crippen LogP contribution in [-0.4, -0.2) is 34.2 Å². The lowest BCUT2D eigenvalue weighted by molar-refractivity contribution is 0.0572. The van der Waals surface area contributed by atoms with Gasteiger partial charge < -0.3 is 15.3 Å². The fraction of sp³-hybridized carbons (Fsp3) is 0.588. The van der Waals surface area contributed by atoms with Crippen LogP contribution < -0.4 is 5.32 Å². The minimum absolute atomic E-state index is 0.00471. The third-order valence-corrected chi connectivity index (χ3v) is 5.45. The highest BCUT2D eigenvalue weighted by Crippen LogP contribution is 2.35. The van der Waals surface area contributed by atoms with Gasteiger partial charge in [0.2, 0.25) is 0 Å². The predicted octanol–water partition coefficient (Wildman–Crippen LogP) is 3.49. The molecule has 0 radical (unpaired) electrons. The van der Waals surface area contributed by atoms with Gasteiger partial charge in [-0.15, -0.1) is 0 Å². The van der Waals surface area contributed by atoms with Gasteiger partial charge in [-0.1, -0.05) is 23.7 Å². The lowest BCUT2D eigenvalue weighted by Gasteiger charge is -2.47. The van der Waals surface area contributed by atoms with Gasteiger partial charge in [0, 0.05) is 17.1 Å². The molecule has 0 bridgehead atoms. The summed E-state index contributed by atoms with van der Waals surface area (Å²) in [7, 11) is 0. The number of carbonyl (C=O) groups excluding carboxylic acids is 1. The zero-order valence-corrected chi connectivity index (χ0v) is 13.6. The number of benzene rings is 1. The van der Waals surface area contributed by atoms with Crippen LogP contribution in [0, 0.1) is 0 Å². The van der Waals surface area contributed by atoms with E-state index in [1.54, 1.807) is 0 Å². The minimum Gasteiger partial charge on any atom is -0.393 e. The van der Waals surface area contributed by atoms with Gasteiger partial charge in [-0.3, -0.25) is 0 Å².